The summed E-state index contributed by atoms with van der Waals surface area (Å²) in [5, 5.41) is 14.3. The summed E-state index contributed by atoms with van der Waals surface area (Å²) < 4.78 is 0. The van der Waals surface area contributed by atoms with E-state index in [4.69, 9.17) is 5.11 Å². The summed E-state index contributed by atoms with van der Waals surface area (Å²) in [4.78, 5) is 21.7. The zero-order valence-electron chi connectivity index (χ0n) is 11.1. The van der Waals surface area contributed by atoms with Crippen LogP contribution in [0.1, 0.15) is 18.9 Å². The van der Waals surface area contributed by atoms with Crippen LogP contribution in [0.3, 0.4) is 0 Å². The number of carbonyl (C=O) groups is 2. The highest BCUT2D eigenvalue weighted by atomic mass is 16.4. The van der Waals surface area contributed by atoms with Crippen molar-refractivity contribution in [3.63, 3.8) is 0 Å². The molecule has 1 atom stereocenters. The van der Waals surface area contributed by atoms with Gasteiger partial charge in [0, 0.05) is 13.5 Å². The van der Waals surface area contributed by atoms with Crippen molar-refractivity contribution in [2.75, 3.05) is 13.1 Å². The molecule has 0 heterocycles. The van der Waals surface area contributed by atoms with Gasteiger partial charge >= 0.3 is 5.97 Å². The van der Waals surface area contributed by atoms with Crippen molar-refractivity contribution in [1.29, 1.82) is 0 Å². The van der Waals surface area contributed by atoms with Crippen LogP contribution in [0.25, 0.3) is 0 Å². The summed E-state index contributed by atoms with van der Waals surface area (Å²) in [6.45, 7) is 2.27. The van der Waals surface area contributed by atoms with Crippen LogP contribution in [0, 0.1) is 0 Å². The van der Waals surface area contributed by atoms with E-state index >= 15 is 0 Å². The van der Waals surface area contributed by atoms with Crippen LogP contribution in [0.4, 0.5) is 0 Å². The van der Waals surface area contributed by atoms with Gasteiger partial charge in [-0.3, -0.25) is 4.79 Å². The van der Waals surface area contributed by atoms with Gasteiger partial charge in [0.1, 0.15) is 6.04 Å². The third kappa shape index (κ3) is 6.57. The van der Waals surface area contributed by atoms with Crippen LogP contribution in [0.15, 0.2) is 30.3 Å². The molecule has 19 heavy (non-hydrogen) atoms. The predicted molar refractivity (Wildman–Crippen MR) is 72.9 cm³/mol. The molecule has 0 bridgehead atoms. The maximum Gasteiger partial charge on any atom is 0.327 e. The SMILES string of the molecule is CC(=O)NC(CNCCCc1ccccc1)C(=O)O. The molecule has 0 spiro atoms. The highest BCUT2D eigenvalue weighted by Crippen LogP contribution is 2.01. The van der Waals surface area contributed by atoms with E-state index < -0.39 is 12.0 Å². The molecule has 1 aromatic carbocycles. The van der Waals surface area contributed by atoms with Crippen molar-refractivity contribution < 1.29 is 14.7 Å². The Balaban J connectivity index is 2.18. The van der Waals surface area contributed by atoms with Crippen molar-refractivity contribution in [1.82, 2.24) is 10.6 Å². The molecule has 0 saturated heterocycles. The Bertz CT molecular complexity index is 406. The lowest BCUT2D eigenvalue weighted by Gasteiger charge is -2.13. The highest BCUT2D eigenvalue weighted by molar-refractivity contribution is 5.82. The molecule has 1 rings (SSSR count). The molecule has 0 radical (unpaired) electrons. The topological polar surface area (TPSA) is 78.4 Å². The number of rotatable bonds is 8. The molecule has 0 fully saturated rings. The number of amides is 1. The molecule has 5 heteroatoms. The fraction of sp³-hybridized carbons (Fsp3) is 0.429. The molecule has 1 aromatic rings. The average molecular weight is 264 g/mol. The summed E-state index contributed by atoms with van der Waals surface area (Å²) in [6, 6.07) is 9.25. The first-order chi connectivity index (χ1) is 9.09. The number of carbonyl (C=O) groups excluding carboxylic acids is 1. The lowest BCUT2D eigenvalue weighted by Crippen LogP contribution is -2.46. The Labute approximate surface area is 113 Å². The van der Waals surface area contributed by atoms with Crippen LogP contribution >= 0.6 is 0 Å². The van der Waals surface area contributed by atoms with E-state index in [9.17, 15) is 9.59 Å². The monoisotopic (exact) mass is 264 g/mol. The van der Waals surface area contributed by atoms with E-state index in [0.717, 1.165) is 19.4 Å². The lowest BCUT2D eigenvalue weighted by molar-refractivity contribution is -0.141. The second kappa shape index (κ2) is 8.26. The fourth-order valence-corrected chi connectivity index (χ4v) is 1.75. The first kappa shape index (κ1) is 15.2. The third-order valence-corrected chi connectivity index (χ3v) is 2.69. The quantitative estimate of drug-likeness (QED) is 0.607. The zero-order chi connectivity index (χ0) is 14.1. The van der Waals surface area contributed by atoms with E-state index in [2.05, 4.69) is 22.8 Å². The summed E-state index contributed by atoms with van der Waals surface area (Å²) in [5.74, 6) is -1.36. The minimum atomic E-state index is -1.02. The number of carboxylic acids is 1. The van der Waals surface area contributed by atoms with Crippen LogP contribution in [0.5, 0.6) is 0 Å². The molecule has 0 aliphatic heterocycles. The first-order valence-electron chi connectivity index (χ1n) is 6.34. The molecular weight excluding hydrogens is 244 g/mol. The highest BCUT2D eigenvalue weighted by Gasteiger charge is 2.17. The van der Waals surface area contributed by atoms with Gasteiger partial charge in [0.25, 0.3) is 0 Å². The summed E-state index contributed by atoms with van der Waals surface area (Å²) in [6.07, 6.45) is 1.88. The molecule has 0 aliphatic rings. The van der Waals surface area contributed by atoms with Gasteiger partial charge in [-0.1, -0.05) is 30.3 Å². The van der Waals surface area contributed by atoms with Crippen molar-refractivity contribution in [3.05, 3.63) is 35.9 Å². The number of nitrogens with one attached hydrogen (secondary N) is 2. The molecular formula is C14H20N2O3. The molecule has 0 saturated carbocycles. The van der Waals surface area contributed by atoms with Gasteiger partial charge < -0.3 is 15.7 Å². The second-order valence-corrected chi connectivity index (χ2v) is 4.38. The maximum absolute atomic E-state index is 10.9. The lowest BCUT2D eigenvalue weighted by atomic mass is 10.1. The van der Waals surface area contributed by atoms with Crippen LogP contribution in [-0.4, -0.2) is 36.1 Å². The van der Waals surface area contributed by atoms with Crippen LogP contribution in [0.2, 0.25) is 0 Å². The van der Waals surface area contributed by atoms with Crippen molar-refractivity contribution in [3.8, 4) is 0 Å². The van der Waals surface area contributed by atoms with Gasteiger partial charge in [-0.25, -0.2) is 4.79 Å². The predicted octanol–water partition coefficient (Wildman–Crippen LogP) is 0.798. The molecule has 3 N–H and O–H groups in total. The second-order valence-electron chi connectivity index (χ2n) is 4.38. The number of hydrogen-bond donors (Lipinski definition) is 3. The van der Waals surface area contributed by atoms with E-state index in [1.807, 2.05) is 18.2 Å². The summed E-state index contributed by atoms with van der Waals surface area (Å²) in [5.41, 5.74) is 1.26. The van der Waals surface area contributed by atoms with Gasteiger partial charge in [0.05, 0.1) is 0 Å². The Kier molecular flexibility index (Phi) is 6.60. The van der Waals surface area contributed by atoms with Gasteiger partial charge in [-0.2, -0.15) is 0 Å². The number of aryl methyl sites for hydroxylation is 1. The van der Waals surface area contributed by atoms with E-state index in [0.29, 0.717) is 0 Å². The summed E-state index contributed by atoms with van der Waals surface area (Å²) in [7, 11) is 0. The largest absolute Gasteiger partial charge is 0.480 e. The summed E-state index contributed by atoms with van der Waals surface area (Å²) >= 11 is 0. The first-order valence-corrected chi connectivity index (χ1v) is 6.34. The Morgan fingerprint density at radius 3 is 2.53 bits per heavy atom. The zero-order valence-corrected chi connectivity index (χ0v) is 11.1. The van der Waals surface area contributed by atoms with Crippen LogP contribution < -0.4 is 10.6 Å². The van der Waals surface area contributed by atoms with Crippen molar-refractivity contribution in [2.24, 2.45) is 0 Å². The smallest absolute Gasteiger partial charge is 0.327 e. The van der Waals surface area contributed by atoms with Gasteiger partial charge in [0.2, 0.25) is 5.91 Å². The average Bonchev–Trinajstić information content (AvgIpc) is 2.37. The van der Waals surface area contributed by atoms with Gasteiger partial charge in [-0.05, 0) is 24.9 Å². The maximum atomic E-state index is 10.9. The number of hydrogen-bond acceptors (Lipinski definition) is 3. The molecule has 0 aliphatic carbocycles. The van der Waals surface area contributed by atoms with Gasteiger partial charge in [-0.15, -0.1) is 0 Å². The molecule has 104 valence electrons. The van der Waals surface area contributed by atoms with E-state index in [1.54, 1.807) is 0 Å². The Morgan fingerprint density at radius 2 is 1.95 bits per heavy atom. The van der Waals surface area contributed by atoms with Crippen LogP contribution in [-0.2, 0) is 16.0 Å². The minimum absolute atomic E-state index is 0.240. The van der Waals surface area contributed by atoms with Crippen molar-refractivity contribution in [2.45, 2.75) is 25.8 Å². The third-order valence-electron chi connectivity index (χ3n) is 2.69. The fourth-order valence-electron chi connectivity index (χ4n) is 1.75. The number of benzene rings is 1. The molecule has 0 aromatic heterocycles. The molecule has 5 nitrogen and oxygen atoms in total. The van der Waals surface area contributed by atoms with Crippen molar-refractivity contribution >= 4 is 11.9 Å². The van der Waals surface area contributed by atoms with Gasteiger partial charge in [0.15, 0.2) is 0 Å². The Hall–Kier alpha value is -1.88. The van der Waals surface area contributed by atoms with E-state index in [1.165, 1.54) is 12.5 Å². The van der Waals surface area contributed by atoms with E-state index in [-0.39, 0.29) is 12.5 Å². The normalized spacial score (nSPS) is 11.8. The standard InChI is InChI=1S/C14H20N2O3/c1-11(17)16-13(14(18)19)10-15-9-5-8-12-6-3-2-4-7-12/h2-4,6-7,13,15H,5,8-10H2,1H3,(H,16,17)(H,18,19). The molecule has 1 amide bonds. The minimum Gasteiger partial charge on any atom is -0.480 e. The Morgan fingerprint density at radius 1 is 1.26 bits per heavy atom. The molecule has 1 unspecified atom stereocenters. The number of aliphatic carboxylic acids is 1. The number of carboxylic acid groups (broad SMARTS) is 1.